The predicted molar refractivity (Wildman–Crippen MR) is 84.1 cm³/mol. The summed E-state index contributed by atoms with van der Waals surface area (Å²) < 4.78 is 6.93. The lowest BCUT2D eigenvalue weighted by Crippen LogP contribution is -2.52. The molecule has 0 bridgehead atoms. The number of rotatable bonds is 3. The Bertz CT molecular complexity index is 453. The van der Waals surface area contributed by atoms with Gasteiger partial charge in [0.05, 0.1) is 11.7 Å². The highest BCUT2D eigenvalue weighted by atomic mass is 79.9. The van der Waals surface area contributed by atoms with Gasteiger partial charge in [0.15, 0.2) is 0 Å². The van der Waals surface area contributed by atoms with Gasteiger partial charge in [-0.2, -0.15) is 0 Å². The van der Waals surface area contributed by atoms with Crippen LogP contribution in [0.5, 0.6) is 0 Å². The van der Waals surface area contributed by atoms with Crippen molar-refractivity contribution in [2.75, 3.05) is 19.0 Å². The highest BCUT2D eigenvalue weighted by Gasteiger charge is 2.32. The van der Waals surface area contributed by atoms with Gasteiger partial charge in [-0.1, -0.05) is 33.6 Å². The predicted octanol–water partition coefficient (Wildman–Crippen LogP) is 4.32. The molecule has 1 heterocycles. The third-order valence-corrected chi connectivity index (χ3v) is 4.32. The van der Waals surface area contributed by atoms with Crippen LogP contribution in [0.15, 0.2) is 22.7 Å². The minimum Gasteiger partial charge on any atom is -0.368 e. The molecule has 5 heteroatoms. The van der Waals surface area contributed by atoms with Crippen LogP contribution >= 0.6 is 39.1 Å². The molecule has 1 aromatic carbocycles. The van der Waals surface area contributed by atoms with E-state index in [1.807, 2.05) is 12.1 Å². The molecule has 1 aliphatic rings. The van der Waals surface area contributed by atoms with Crippen LogP contribution in [0.25, 0.3) is 0 Å². The van der Waals surface area contributed by atoms with Crippen molar-refractivity contribution in [2.24, 2.45) is 0 Å². The maximum absolute atomic E-state index is 6.28. The molecule has 1 saturated heterocycles. The Kier molecular flexibility index (Phi) is 5.18. The molecule has 0 saturated carbocycles. The fourth-order valence-corrected chi connectivity index (χ4v) is 3.40. The molecule has 0 spiro atoms. The summed E-state index contributed by atoms with van der Waals surface area (Å²) in [4.78, 5) is 2.35. The van der Waals surface area contributed by atoms with Crippen LogP contribution in [0.3, 0.4) is 0 Å². The minimum atomic E-state index is -0.167. The van der Waals surface area contributed by atoms with Crippen molar-refractivity contribution in [2.45, 2.75) is 32.1 Å². The quantitative estimate of drug-likeness (QED) is 0.738. The van der Waals surface area contributed by atoms with Crippen molar-refractivity contribution in [3.8, 4) is 0 Å². The zero-order valence-corrected chi connectivity index (χ0v) is 14.2. The standard InChI is InChI=1S/C14H18BrCl2NO/c1-14(2)9-18(8-12(6-16)19-14)7-10-3-4-11(15)5-13(10)17/h3-5,12H,6-9H2,1-2H3. The number of nitrogens with zero attached hydrogens (tertiary/aromatic N) is 1. The Balaban J connectivity index is 2.09. The summed E-state index contributed by atoms with van der Waals surface area (Å²) in [6.45, 7) is 6.75. The van der Waals surface area contributed by atoms with Gasteiger partial charge in [0.25, 0.3) is 0 Å². The number of alkyl halides is 1. The second kappa shape index (κ2) is 6.31. The average Bonchev–Trinajstić information content (AvgIpc) is 2.31. The maximum atomic E-state index is 6.28. The summed E-state index contributed by atoms with van der Waals surface area (Å²) in [5.74, 6) is 0.522. The number of morpholine rings is 1. The van der Waals surface area contributed by atoms with Crippen LogP contribution < -0.4 is 0 Å². The largest absolute Gasteiger partial charge is 0.368 e. The lowest BCUT2D eigenvalue weighted by Gasteiger charge is -2.42. The van der Waals surface area contributed by atoms with Crippen molar-refractivity contribution in [1.29, 1.82) is 0 Å². The van der Waals surface area contributed by atoms with Gasteiger partial charge in [0, 0.05) is 35.0 Å². The van der Waals surface area contributed by atoms with Crippen molar-refractivity contribution in [3.63, 3.8) is 0 Å². The van der Waals surface area contributed by atoms with Gasteiger partial charge in [0.1, 0.15) is 0 Å². The highest BCUT2D eigenvalue weighted by molar-refractivity contribution is 9.10. The Morgan fingerprint density at radius 2 is 2.21 bits per heavy atom. The number of hydrogen-bond acceptors (Lipinski definition) is 2. The molecule has 1 fully saturated rings. The van der Waals surface area contributed by atoms with E-state index in [4.69, 9.17) is 27.9 Å². The Hall–Kier alpha value is 0.200. The number of hydrogen-bond donors (Lipinski definition) is 0. The van der Waals surface area contributed by atoms with Crippen molar-refractivity contribution in [3.05, 3.63) is 33.3 Å². The second-order valence-corrected chi connectivity index (χ2v) is 7.19. The van der Waals surface area contributed by atoms with Crippen LogP contribution in [-0.4, -0.2) is 35.6 Å². The molecular formula is C14H18BrCl2NO. The molecule has 1 atom stereocenters. The monoisotopic (exact) mass is 365 g/mol. The summed E-state index contributed by atoms with van der Waals surface area (Å²) >= 11 is 15.6. The first-order valence-electron chi connectivity index (χ1n) is 6.30. The van der Waals surface area contributed by atoms with Crippen LogP contribution in [-0.2, 0) is 11.3 Å². The van der Waals surface area contributed by atoms with E-state index in [-0.39, 0.29) is 11.7 Å². The summed E-state index contributed by atoms with van der Waals surface area (Å²) in [5, 5.41) is 0.793. The van der Waals surface area contributed by atoms with Crippen LogP contribution in [0.2, 0.25) is 5.02 Å². The van der Waals surface area contributed by atoms with Crippen LogP contribution in [0.4, 0.5) is 0 Å². The van der Waals surface area contributed by atoms with E-state index in [0.29, 0.717) is 5.88 Å². The summed E-state index contributed by atoms with van der Waals surface area (Å²) in [6, 6.07) is 6.01. The molecule has 2 nitrogen and oxygen atoms in total. The van der Waals surface area contributed by atoms with Crippen molar-refractivity contribution >= 4 is 39.1 Å². The smallest absolute Gasteiger partial charge is 0.0845 e. The van der Waals surface area contributed by atoms with E-state index >= 15 is 0 Å². The van der Waals surface area contributed by atoms with E-state index in [1.54, 1.807) is 0 Å². The van der Waals surface area contributed by atoms with Gasteiger partial charge in [-0.15, -0.1) is 11.6 Å². The average molecular weight is 367 g/mol. The van der Waals surface area contributed by atoms with E-state index in [0.717, 1.165) is 34.7 Å². The van der Waals surface area contributed by atoms with Gasteiger partial charge in [0.2, 0.25) is 0 Å². The summed E-state index contributed by atoms with van der Waals surface area (Å²) in [7, 11) is 0. The topological polar surface area (TPSA) is 12.5 Å². The SMILES string of the molecule is CC1(C)CN(Cc2ccc(Br)cc2Cl)CC(CCl)O1. The molecule has 0 radical (unpaired) electrons. The third-order valence-electron chi connectivity index (χ3n) is 3.13. The van der Waals surface area contributed by atoms with E-state index in [1.165, 1.54) is 0 Å². The molecule has 1 aromatic rings. The highest BCUT2D eigenvalue weighted by Crippen LogP contribution is 2.26. The zero-order chi connectivity index (χ0) is 14.0. The molecule has 2 rings (SSSR count). The van der Waals surface area contributed by atoms with Gasteiger partial charge in [-0.05, 0) is 31.5 Å². The second-order valence-electron chi connectivity index (χ2n) is 5.56. The first-order valence-corrected chi connectivity index (χ1v) is 8.00. The van der Waals surface area contributed by atoms with E-state index < -0.39 is 0 Å². The van der Waals surface area contributed by atoms with Crippen molar-refractivity contribution in [1.82, 2.24) is 4.90 Å². The maximum Gasteiger partial charge on any atom is 0.0845 e. The first kappa shape index (κ1) is 15.6. The third kappa shape index (κ3) is 4.33. The lowest BCUT2D eigenvalue weighted by molar-refractivity contribution is -0.129. The van der Waals surface area contributed by atoms with Gasteiger partial charge < -0.3 is 4.74 Å². The molecule has 0 aromatic heterocycles. The van der Waals surface area contributed by atoms with Gasteiger partial charge >= 0.3 is 0 Å². The number of ether oxygens (including phenoxy) is 1. The van der Waals surface area contributed by atoms with Gasteiger partial charge in [-0.25, -0.2) is 0 Å². The molecule has 1 unspecified atom stereocenters. The summed E-state index contributed by atoms with van der Waals surface area (Å²) in [5.41, 5.74) is 0.968. The molecule has 0 N–H and O–H groups in total. The number of halogens is 3. The molecule has 0 amide bonds. The molecular weight excluding hydrogens is 349 g/mol. The molecule has 106 valence electrons. The van der Waals surface area contributed by atoms with Crippen LogP contribution in [0.1, 0.15) is 19.4 Å². The molecule has 0 aliphatic carbocycles. The Labute approximate surface area is 133 Å². The normalized spacial score (nSPS) is 23.5. The van der Waals surface area contributed by atoms with Gasteiger partial charge in [-0.3, -0.25) is 4.90 Å². The van der Waals surface area contributed by atoms with E-state index in [9.17, 15) is 0 Å². The molecule has 1 aliphatic heterocycles. The zero-order valence-electron chi connectivity index (χ0n) is 11.1. The fourth-order valence-electron chi connectivity index (χ4n) is 2.51. The first-order chi connectivity index (χ1) is 8.89. The molecule has 19 heavy (non-hydrogen) atoms. The number of benzene rings is 1. The van der Waals surface area contributed by atoms with Crippen LogP contribution in [0, 0.1) is 0 Å². The fraction of sp³-hybridized carbons (Fsp3) is 0.571. The van der Waals surface area contributed by atoms with E-state index in [2.05, 4.69) is 40.7 Å². The Morgan fingerprint density at radius 3 is 2.84 bits per heavy atom. The van der Waals surface area contributed by atoms with Crippen molar-refractivity contribution < 1.29 is 4.74 Å². The minimum absolute atomic E-state index is 0.0830. The lowest BCUT2D eigenvalue weighted by atomic mass is 10.0. The Morgan fingerprint density at radius 1 is 1.47 bits per heavy atom. The summed E-state index contributed by atoms with van der Waals surface area (Å²) in [6.07, 6.45) is 0.0830.